The molecule has 0 amide bonds. The molecule has 1 aliphatic rings. The third kappa shape index (κ3) is 2.87. The van der Waals surface area contributed by atoms with Gasteiger partial charge in [0.15, 0.2) is 0 Å². The van der Waals surface area contributed by atoms with Gasteiger partial charge in [0, 0.05) is 17.5 Å². The predicted octanol–water partition coefficient (Wildman–Crippen LogP) is -0.687. The monoisotopic (exact) mass is 275 g/mol. The number of fused-ring (bicyclic) bond motifs is 1. The molecular formula is C13H19Cl2NO. The van der Waals surface area contributed by atoms with Crippen LogP contribution >= 0.6 is 11.6 Å². The Labute approximate surface area is 114 Å². The van der Waals surface area contributed by atoms with Gasteiger partial charge in [0.2, 0.25) is 0 Å². The van der Waals surface area contributed by atoms with E-state index < -0.39 is 0 Å². The van der Waals surface area contributed by atoms with E-state index in [4.69, 9.17) is 16.3 Å². The van der Waals surface area contributed by atoms with E-state index in [1.165, 1.54) is 24.0 Å². The molecule has 0 saturated heterocycles. The number of nitrogens with two attached hydrogens (primary N) is 1. The molecule has 1 aromatic carbocycles. The van der Waals surface area contributed by atoms with Crippen molar-refractivity contribution < 1.29 is 22.5 Å². The molecule has 1 aromatic rings. The van der Waals surface area contributed by atoms with Gasteiger partial charge in [-0.15, -0.1) is 0 Å². The van der Waals surface area contributed by atoms with Crippen LogP contribution in [0.5, 0.6) is 5.75 Å². The fraction of sp³-hybridized carbons (Fsp3) is 0.538. The van der Waals surface area contributed by atoms with Crippen molar-refractivity contribution in [3.8, 4) is 5.75 Å². The second-order valence-electron chi connectivity index (χ2n) is 4.28. The van der Waals surface area contributed by atoms with Crippen LogP contribution in [0, 0.1) is 0 Å². The highest BCUT2D eigenvalue weighted by molar-refractivity contribution is 6.31. The molecule has 0 fully saturated rings. The van der Waals surface area contributed by atoms with Crippen LogP contribution < -0.4 is 22.5 Å². The zero-order valence-electron chi connectivity index (χ0n) is 10.3. The lowest BCUT2D eigenvalue weighted by Crippen LogP contribution is -3.00. The van der Waals surface area contributed by atoms with E-state index in [0.29, 0.717) is 6.04 Å². The van der Waals surface area contributed by atoms with Crippen LogP contribution in [-0.4, -0.2) is 13.7 Å². The minimum absolute atomic E-state index is 0. The van der Waals surface area contributed by atoms with Gasteiger partial charge in [-0.25, -0.2) is 0 Å². The fourth-order valence-corrected chi connectivity index (χ4v) is 2.95. The molecule has 2 rings (SSSR count). The maximum Gasteiger partial charge on any atom is 0.122 e. The average molecular weight is 276 g/mol. The maximum absolute atomic E-state index is 6.33. The van der Waals surface area contributed by atoms with Gasteiger partial charge < -0.3 is 22.5 Å². The second kappa shape index (κ2) is 6.48. The molecule has 0 aliphatic heterocycles. The zero-order valence-corrected chi connectivity index (χ0v) is 11.8. The first-order valence-electron chi connectivity index (χ1n) is 5.96. The van der Waals surface area contributed by atoms with E-state index in [1.807, 2.05) is 12.1 Å². The van der Waals surface area contributed by atoms with Crippen molar-refractivity contribution in [1.29, 1.82) is 0 Å². The van der Waals surface area contributed by atoms with Crippen molar-refractivity contribution in [1.82, 2.24) is 0 Å². The third-order valence-corrected chi connectivity index (χ3v) is 3.64. The van der Waals surface area contributed by atoms with Crippen LogP contribution in [0.1, 0.15) is 36.9 Å². The Morgan fingerprint density at radius 2 is 2.24 bits per heavy atom. The van der Waals surface area contributed by atoms with Crippen molar-refractivity contribution in [2.24, 2.45) is 0 Å². The topological polar surface area (TPSA) is 25.8 Å². The number of rotatable bonds is 3. The van der Waals surface area contributed by atoms with E-state index in [1.54, 1.807) is 7.11 Å². The average Bonchev–Trinajstić information content (AvgIpc) is 2.30. The Hall–Kier alpha value is -0.440. The van der Waals surface area contributed by atoms with Crippen molar-refractivity contribution in [2.45, 2.75) is 32.2 Å². The van der Waals surface area contributed by atoms with Crippen molar-refractivity contribution in [2.75, 3.05) is 13.7 Å². The summed E-state index contributed by atoms with van der Waals surface area (Å²) in [6.07, 6.45) is 3.53. The molecule has 0 bridgehead atoms. The molecule has 1 atom stereocenters. The van der Waals surface area contributed by atoms with Crippen LogP contribution in [0.15, 0.2) is 12.1 Å². The molecule has 96 valence electrons. The molecule has 0 saturated carbocycles. The van der Waals surface area contributed by atoms with Crippen LogP contribution in [0.2, 0.25) is 5.02 Å². The van der Waals surface area contributed by atoms with Gasteiger partial charge in [-0.1, -0.05) is 11.6 Å². The highest BCUT2D eigenvalue weighted by Gasteiger charge is 2.27. The standard InChI is InChI=1S/C13H18ClNO.ClH/c1-3-15-11-6-4-5-9-12(16-2)8-7-10(14)13(9)11;/h7-8,11,15H,3-6H2,1-2H3;1H. The summed E-state index contributed by atoms with van der Waals surface area (Å²) >= 11 is 6.33. The molecule has 17 heavy (non-hydrogen) atoms. The lowest BCUT2D eigenvalue weighted by Gasteiger charge is -2.26. The number of ether oxygens (including phenoxy) is 1. The first-order chi connectivity index (χ1) is 7.77. The number of methoxy groups -OCH3 is 1. The SMILES string of the molecule is CC[NH2+]C1CCCc2c(OC)ccc(Cl)c21.[Cl-]. The van der Waals surface area contributed by atoms with Crippen molar-refractivity contribution >= 4 is 11.6 Å². The van der Waals surface area contributed by atoms with Crippen molar-refractivity contribution in [3.63, 3.8) is 0 Å². The van der Waals surface area contributed by atoms with Crippen LogP contribution in [-0.2, 0) is 6.42 Å². The predicted molar refractivity (Wildman–Crippen MR) is 66.1 cm³/mol. The third-order valence-electron chi connectivity index (χ3n) is 3.31. The molecule has 0 heterocycles. The summed E-state index contributed by atoms with van der Waals surface area (Å²) in [5, 5.41) is 3.26. The lowest BCUT2D eigenvalue weighted by molar-refractivity contribution is -0.694. The Balaban J connectivity index is 0.00000144. The number of hydrogen-bond acceptors (Lipinski definition) is 1. The largest absolute Gasteiger partial charge is 1.00 e. The maximum atomic E-state index is 6.33. The Morgan fingerprint density at radius 3 is 2.88 bits per heavy atom. The van der Waals surface area contributed by atoms with E-state index in [0.717, 1.165) is 23.7 Å². The first kappa shape index (κ1) is 14.6. The van der Waals surface area contributed by atoms with Crippen molar-refractivity contribution in [3.05, 3.63) is 28.3 Å². The summed E-state index contributed by atoms with van der Waals surface area (Å²) in [7, 11) is 1.73. The normalized spacial score (nSPS) is 18.2. The summed E-state index contributed by atoms with van der Waals surface area (Å²) in [5.41, 5.74) is 2.62. The summed E-state index contributed by atoms with van der Waals surface area (Å²) in [6.45, 7) is 3.28. The summed E-state index contributed by atoms with van der Waals surface area (Å²) in [5.74, 6) is 0.994. The molecule has 0 aromatic heterocycles. The molecule has 1 aliphatic carbocycles. The van der Waals surface area contributed by atoms with Crippen LogP contribution in [0.25, 0.3) is 0 Å². The van der Waals surface area contributed by atoms with E-state index >= 15 is 0 Å². The smallest absolute Gasteiger partial charge is 0.122 e. The Kier molecular flexibility index (Phi) is 5.57. The van der Waals surface area contributed by atoms with Gasteiger partial charge in [-0.05, 0) is 31.9 Å². The van der Waals surface area contributed by atoms with Gasteiger partial charge in [0.25, 0.3) is 0 Å². The molecule has 0 radical (unpaired) electrons. The zero-order chi connectivity index (χ0) is 11.5. The number of halogens is 2. The Bertz CT molecular complexity index is 382. The summed E-state index contributed by atoms with van der Waals surface area (Å²) < 4.78 is 5.42. The lowest BCUT2D eigenvalue weighted by atomic mass is 9.87. The van der Waals surface area contributed by atoms with Gasteiger partial charge in [0.05, 0.1) is 18.7 Å². The number of hydrogen-bond donors (Lipinski definition) is 1. The minimum Gasteiger partial charge on any atom is -1.00 e. The van der Waals surface area contributed by atoms with E-state index in [9.17, 15) is 0 Å². The molecule has 4 heteroatoms. The van der Waals surface area contributed by atoms with Crippen LogP contribution in [0.3, 0.4) is 0 Å². The molecule has 0 spiro atoms. The highest BCUT2D eigenvalue weighted by atomic mass is 35.5. The van der Waals surface area contributed by atoms with Gasteiger partial charge in [0.1, 0.15) is 11.8 Å². The highest BCUT2D eigenvalue weighted by Crippen LogP contribution is 2.38. The van der Waals surface area contributed by atoms with E-state index in [2.05, 4.69) is 12.2 Å². The van der Waals surface area contributed by atoms with E-state index in [-0.39, 0.29) is 12.4 Å². The Morgan fingerprint density at radius 1 is 1.47 bits per heavy atom. The van der Waals surface area contributed by atoms with Crippen LogP contribution in [0.4, 0.5) is 0 Å². The fourth-order valence-electron chi connectivity index (χ4n) is 2.63. The second-order valence-corrected chi connectivity index (χ2v) is 4.69. The quantitative estimate of drug-likeness (QED) is 0.777. The van der Waals surface area contributed by atoms with Gasteiger partial charge in [-0.3, -0.25) is 0 Å². The number of benzene rings is 1. The van der Waals surface area contributed by atoms with Gasteiger partial charge in [-0.2, -0.15) is 0 Å². The molecule has 1 unspecified atom stereocenters. The summed E-state index contributed by atoms with van der Waals surface area (Å²) in [4.78, 5) is 0. The van der Waals surface area contributed by atoms with Gasteiger partial charge >= 0.3 is 0 Å². The molecule has 2 nitrogen and oxygen atoms in total. The number of quaternary nitrogens is 1. The minimum atomic E-state index is 0. The first-order valence-corrected chi connectivity index (χ1v) is 6.34. The molecular weight excluding hydrogens is 257 g/mol. The summed E-state index contributed by atoms with van der Waals surface area (Å²) in [6, 6.07) is 4.45. The molecule has 2 N–H and O–H groups in total.